The predicted octanol–water partition coefficient (Wildman–Crippen LogP) is 2.12. The predicted molar refractivity (Wildman–Crippen MR) is 105 cm³/mol. The van der Waals surface area contributed by atoms with Gasteiger partial charge in [-0.05, 0) is 33.3 Å². The van der Waals surface area contributed by atoms with Gasteiger partial charge in [0.2, 0.25) is 0 Å². The maximum atomic E-state index is 12.2. The summed E-state index contributed by atoms with van der Waals surface area (Å²) in [5.74, 6) is -0.592. The first kappa shape index (κ1) is 24.2. The Morgan fingerprint density at radius 1 is 1.00 bits per heavy atom. The third kappa shape index (κ3) is 10.3. The van der Waals surface area contributed by atoms with Gasteiger partial charge >= 0.3 is 18.2 Å². The molecule has 162 valence electrons. The molecule has 0 saturated carbocycles. The molecule has 0 bridgehead atoms. The monoisotopic (exact) mass is 410 g/mol. The Morgan fingerprint density at radius 3 is 2.17 bits per heavy atom. The van der Waals surface area contributed by atoms with Crippen LogP contribution in [0.4, 0.5) is 9.59 Å². The smallest absolute Gasteiger partial charge is 0.408 e. The van der Waals surface area contributed by atoms with E-state index in [0.29, 0.717) is 0 Å². The number of nitrogens with one attached hydrogen (secondary N) is 2. The second kappa shape index (κ2) is 11.9. The lowest BCUT2D eigenvalue weighted by Gasteiger charge is -2.28. The molecule has 1 aromatic rings. The van der Waals surface area contributed by atoms with E-state index < -0.39 is 42.4 Å². The van der Waals surface area contributed by atoms with Gasteiger partial charge in [-0.3, -0.25) is 4.79 Å². The van der Waals surface area contributed by atoms with Crippen molar-refractivity contribution in [3.8, 4) is 0 Å². The molecule has 1 aromatic carbocycles. The number of esters is 1. The van der Waals surface area contributed by atoms with E-state index in [1.807, 2.05) is 18.2 Å². The van der Waals surface area contributed by atoms with Crippen molar-refractivity contribution in [2.75, 3.05) is 13.2 Å². The first-order chi connectivity index (χ1) is 13.6. The van der Waals surface area contributed by atoms with Crippen LogP contribution in [0.2, 0.25) is 0 Å². The van der Waals surface area contributed by atoms with Crippen molar-refractivity contribution in [1.82, 2.24) is 10.6 Å². The quantitative estimate of drug-likeness (QED) is 0.421. The first-order valence-electron chi connectivity index (χ1n) is 9.37. The molecule has 0 spiro atoms. The maximum absolute atomic E-state index is 12.2. The number of benzene rings is 1. The molecule has 9 nitrogen and oxygen atoms in total. The highest BCUT2D eigenvalue weighted by molar-refractivity contribution is 5.74. The molecule has 0 fully saturated rings. The van der Waals surface area contributed by atoms with Gasteiger partial charge in [0.15, 0.2) is 0 Å². The Kier molecular flexibility index (Phi) is 9.94. The molecule has 29 heavy (non-hydrogen) atoms. The molecule has 0 radical (unpaired) electrons. The Balaban J connectivity index is 2.77. The fraction of sp³-hybridized carbons (Fsp3) is 0.550. The summed E-state index contributed by atoms with van der Waals surface area (Å²) >= 11 is 0. The number of aliphatic hydroxyl groups excluding tert-OH is 1. The number of amides is 2. The number of aliphatic hydroxyl groups is 1. The third-order valence-electron chi connectivity index (χ3n) is 3.59. The summed E-state index contributed by atoms with van der Waals surface area (Å²) in [6.07, 6.45) is -1.85. The van der Waals surface area contributed by atoms with E-state index in [4.69, 9.17) is 14.2 Å². The molecule has 1 rings (SSSR count). The van der Waals surface area contributed by atoms with Crippen LogP contribution in [0, 0.1) is 0 Å². The van der Waals surface area contributed by atoms with Crippen molar-refractivity contribution in [2.45, 2.75) is 58.4 Å². The molecule has 2 amide bonds. The van der Waals surface area contributed by atoms with Gasteiger partial charge < -0.3 is 30.0 Å². The van der Waals surface area contributed by atoms with Crippen molar-refractivity contribution in [3.63, 3.8) is 0 Å². The molecule has 0 saturated heterocycles. The average Bonchev–Trinajstić information content (AvgIpc) is 2.63. The van der Waals surface area contributed by atoms with Crippen LogP contribution in [0.15, 0.2) is 30.3 Å². The molecular formula is C20H30N2O7. The lowest BCUT2D eigenvalue weighted by atomic mass is 10.1. The summed E-state index contributed by atoms with van der Waals surface area (Å²) in [6, 6.07) is 7.11. The van der Waals surface area contributed by atoms with Crippen molar-refractivity contribution < 1.29 is 33.7 Å². The molecule has 0 aromatic heterocycles. The van der Waals surface area contributed by atoms with Crippen LogP contribution in [-0.2, 0) is 25.6 Å². The zero-order valence-corrected chi connectivity index (χ0v) is 17.3. The highest BCUT2D eigenvalue weighted by Crippen LogP contribution is 2.09. The lowest BCUT2D eigenvalue weighted by Crippen LogP contribution is -2.55. The van der Waals surface area contributed by atoms with Gasteiger partial charge in [0.05, 0.1) is 31.7 Å². The standard InChI is InChI=1S/C20H30N2O7/c1-5-27-17(24)11-15(16(12-23)22-19(26)29-20(2,3)4)21-18(25)28-13-14-9-7-6-8-10-14/h6-10,15-16,23H,5,11-13H2,1-4H3,(H,21,25)(H,22,26). The van der Waals surface area contributed by atoms with Gasteiger partial charge in [0, 0.05) is 0 Å². The lowest BCUT2D eigenvalue weighted by molar-refractivity contribution is -0.143. The fourth-order valence-electron chi connectivity index (χ4n) is 2.34. The van der Waals surface area contributed by atoms with Crippen LogP contribution < -0.4 is 10.6 Å². The normalized spacial score (nSPS) is 13.0. The number of ether oxygens (including phenoxy) is 3. The molecule has 0 heterocycles. The van der Waals surface area contributed by atoms with Gasteiger partial charge in [-0.15, -0.1) is 0 Å². The summed E-state index contributed by atoms with van der Waals surface area (Å²) in [4.78, 5) is 36.1. The van der Waals surface area contributed by atoms with Crippen LogP contribution in [-0.4, -0.2) is 54.2 Å². The van der Waals surface area contributed by atoms with E-state index in [1.165, 1.54) is 0 Å². The number of carbonyl (C=O) groups is 3. The average molecular weight is 410 g/mol. The van der Waals surface area contributed by atoms with E-state index in [1.54, 1.807) is 39.8 Å². The second-order valence-corrected chi connectivity index (χ2v) is 7.26. The molecular weight excluding hydrogens is 380 g/mol. The van der Waals surface area contributed by atoms with Crippen molar-refractivity contribution in [2.24, 2.45) is 0 Å². The maximum Gasteiger partial charge on any atom is 0.408 e. The van der Waals surface area contributed by atoms with E-state index in [-0.39, 0.29) is 19.6 Å². The largest absolute Gasteiger partial charge is 0.466 e. The third-order valence-corrected chi connectivity index (χ3v) is 3.59. The van der Waals surface area contributed by atoms with E-state index in [9.17, 15) is 19.5 Å². The molecule has 2 unspecified atom stereocenters. The summed E-state index contributed by atoms with van der Waals surface area (Å²) in [5.41, 5.74) is 0.0400. The Hall–Kier alpha value is -2.81. The Bertz CT molecular complexity index is 659. The Labute approximate surface area is 170 Å². The second-order valence-electron chi connectivity index (χ2n) is 7.26. The molecule has 0 aliphatic rings. The van der Waals surface area contributed by atoms with Crippen LogP contribution >= 0.6 is 0 Å². The topological polar surface area (TPSA) is 123 Å². The fourth-order valence-corrected chi connectivity index (χ4v) is 2.34. The SMILES string of the molecule is CCOC(=O)CC(NC(=O)OCc1ccccc1)C(CO)NC(=O)OC(C)(C)C. The first-order valence-corrected chi connectivity index (χ1v) is 9.37. The summed E-state index contributed by atoms with van der Waals surface area (Å²) in [7, 11) is 0. The van der Waals surface area contributed by atoms with Gasteiger partial charge in [-0.1, -0.05) is 30.3 Å². The summed E-state index contributed by atoms with van der Waals surface area (Å²) < 4.78 is 15.2. The Morgan fingerprint density at radius 2 is 1.62 bits per heavy atom. The number of alkyl carbamates (subject to hydrolysis) is 2. The molecule has 2 atom stereocenters. The number of rotatable bonds is 9. The van der Waals surface area contributed by atoms with E-state index in [2.05, 4.69) is 10.6 Å². The van der Waals surface area contributed by atoms with E-state index in [0.717, 1.165) is 5.56 Å². The van der Waals surface area contributed by atoms with Crippen molar-refractivity contribution in [3.05, 3.63) is 35.9 Å². The number of hydrogen-bond acceptors (Lipinski definition) is 7. The zero-order valence-electron chi connectivity index (χ0n) is 17.3. The summed E-state index contributed by atoms with van der Waals surface area (Å²) in [6.45, 7) is 6.37. The van der Waals surface area contributed by atoms with Crippen molar-refractivity contribution >= 4 is 18.2 Å². The van der Waals surface area contributed by atoms with Crippen LogP contribution in [0.5, 0.6) is 0 Å². The highest BCUT2D eigenvalue weighted by Gasteiger charge is 2.29. The number of carbonyl (C=O) groups excluding carboxylic acids is 3. The number of hydrogen-bond donors (Lipinski definition) is 3. The molecule has 9 heteroatoms. The zero-order chi connectivity index (χ0) is 21.9. The van der Waals surface area contributed by atoms with Gasteiger partial charge in [0.1, 0.15) is 12.2 Å². The minimum atomic E-state index is -0.987. The van der Waals surface area contributed by atoms with Gasteiger partial charge in [-0.25, -0.2) is 9.59 Å². The molecule has 0 aliphatic carbocycles. The molecule has 3 N–H and O–H groups in total. The van der Waals surface area contributed by atoms with Crippen LogP contribution in [0.1, 0.15) is 39.7 Å². The van der Waals surface area contributed by atoms with Gasteiger partial charge in [0.25, 0.3) is 0 Å². The molecule has 0 aliphatic heterocycles. The van der Waals surface area contributed by atoms with Crippen molar-refractivity contribution in [1.29, 1.82) is 0 Å². The van der Waals surface area contributed by atoms with Crippen LogP contribution in [0.25, 0.3) is 0 Å². The minimum Gasteiger partial charge on any atom is -0.466 e. The van der Waals surface area contributed by atoms with Gasteiger partial charge in [-0.2, -0.15) is 0 Å². The summed E-state index contributed by atoms with van der Waals surface area (Å²) in [5, 5.41) is 14.7. The minimum absolute atomic E-state index is 0.0298. The van der Waals surface area contributed by atoms with Crippen LogP contribution in [0.3, 0.4) is 0 Å². The highest BCUT2D eigenvalue weighted by atomic mass is 16.6. The van der Waals surface area contributed by atoms with E-state index >= 15 is 0 Å².